The van der Waals surface area contributed by atoms with Crippen LogP contribution in [0, 0.1) is 0 Å². The van der Waals surface area contributed by atoms with Gasteiger partial charge in [-0.3, -0.25) is 14.9 Å². The number of sulfone groups is 1. The lowest BCUT2D eigenvalue weighted by Crippen LogP contribution is -2.51. The van der Waals surface area contributed by atoms with Crippen LogP contribution in [0.15, 0.2) is 57.9 Å². The normalized spacial score (nSPS) is 13.7. The highest BCUT2D eigenvalue weighted by molar-refractivity contribution is 9.10. The predicted molar refractivity (Wildman–Crippen MR) is 118 cm³/mol. The average molecular weight is 499 g/mol. The van der Waals surface area contributed by atoms with Crippen molar-refractivity contribution in [2.75, 3.05) is 19.8 Å². The summed E-state index contributed by atoms with van der Waals surface area (Å²) in [5, 5.41) is 9.22. The zero-order valence-corrected chi connectivity index (χ0v) is 19.7. The lowest BCUT2D eigenvalue weighted by molar-refractivity contribution is -0.131. The van der Waals surface area contributed by atoms with E-state index in [-0.39, 0.29) is 11.3 Å². The Kier molecular flexibility index (Phi) is 8.42. The number of hydrogen-bond acceptors (Lipinski definition) is 6. The summed E-state index contributed by atoms with van der Waals surface area (Å²) in [4.78, 5) is 14.6. The molecule has 2 aromatic rings. The summed E-state index contributed by atoms with van der Waals surface area (Å²) in [5.41, 5.74) is 2.13. The molecule has 0 spiro atoms. The van der Waals surface area contributed by atoms with Gasteiger partial charge in [0.15, 0.2) is 14.6 Å². The van der Waals surface area contributed by atoms with Crippen LogP contribution in [0.3, 0.4) is 0 Å². The van der Waals surface area contributed by atoms with Crippen molar-refractivity contribution < 1.29 is 23.2 Å². The van der Waals surface area contributed by atoms with Crippen LogP contribution in [0.5, 0.6) is 5.75 Å². The van der Waals surface area contributed by atoms with E-state index in [0.717, 1.165) is 17.6 Å². The molecule has 0 heterocycles. The number of ether oxygens (including phenoxy) is 1. The Hall–Kier alpha value is -1.94. The first-order valence-corrected chi connectivity index (χ1v) is 11.8. The summed E-state index contributed by atoms with van der Waals surface area (Å²) in [6, 6.07) is 12.9. The lowest BCUT2D eigenvalue weighted by Gasteiger charge is -2.27. The minimum atomic E-state index is -4.10. The highest BCUT2D eigenvalue weighted by atomic mass is 79.9. The molecule has 1 amide bonds. The fourth-order valence-corrected chi connectivity index (χ4v) is 4.88. The SMILES string of the molecule is CCN(CC)COc1ccc(CC(C)(C(=O)NO)S(=O)(=O)c2ccc(Br)cc2)cc1. The van der Waals surface area contributed by atoms with Gasteiger partial charge in [-0.1, -0.05) is 41.9 Å². The zero-order chi connectivity index (χ0) is 22.4. The van der Waals surface area contributed by atoms with E-state index in [0.29, 0.717) is 18.0 Å². The maximum Gasteiger partial charge on any atom is 0.265 e. The molecule has 0 aliphatic rings. The number of amides is 1. The molecular weight excluding hydrogens is 472 g/mol. The second-order valence-corrected chi connectivity index (χ2v) is 10.3. The first-order chi connectivity index (χ1) is 14.2. The van der Waals surface area contributed by atoms with Gasteiger partial charge >= 0.3 is 0 Å². The van der Waals surface area contributed by atoms with Crippen molar-refractivity contribution in [2.24, 2.45) is 0 Å². The Bertz CT molecular complexity index is 944. The molecule has 0 bridgehead atoms. The molecule has 7 nitrogen and oxygen atoms in total. The highest BCUT2D eigenvalue weighted by Crippen LogP contribution is 2.31. The standard InChI is InChI=1S/C21H27BrN2O5S/c1-4-24(5-2)15-29-18-10-6-16(7-11-18)14-21(3,20(25)23-26)30(27,28)19-12-8-17(22)9-13-19/h6-13,26H,4-5,14-15H2,1-3H3,(H,23,25). The van der Waals surface area contributed by atoms with Crippen LogP contribution in [0.4, 0.5) is 0 Å². The average Bonchev–Trinajstić information content (AvgIpc) is 2.75. The molecule has 0 aliphatic heterocycles. The van der Waals surface area contributed by atoms with Crippen LogP contribution in [-0.4, -0.2) is 49.0 Å². The van der Waals surface area contributed by atoms with Gasteiger partial charge in [-0.2, -0.15) is 0 Å². The van der Waals surface area contributed by atoms with Crippen molar-refractivity contribution in [3.63, 3.8) is 0 Å². The Morgan fingerprint density at radius 3 is 2.17 bits per heavy atom. The Morgan fingerprint density at radius 1 is 1.10 bits per heavy atom. The fourth-order valence-electron chi connectivity index (χ4n) is 2.95. The van der Waals surface area contributed by atoms with E-state index < -0.39 is 20.5 Å². The number of nitrogens with zero attached hydrogens (tertiary/aromatic N) is 1. The van der Waals surface area contributed by atoms with E-state index in [4.69, 9.17) is 4.74 Å². The van der Waals surface area contributed by atoms with Gasteiger partial charge in [0, 0.05) is 10.9 Å². The van der Waals surface area contributed by atoms with E-state index in [2.05, 4.69) is 34.7 Å². The van der Waals surface area contributed by atoms with Crippen LogP contribution in [-0.2, 0) is 21.1 Å². The van der Waals surface area contributed by atoms with Gasteiger partial charge in [0.2, 0.25) is 0 Å². The van der Waals surface area contributed by atoms with E-state index >= 15 is 0 Å². The smallest absolute Gasteiger partial charge is 0.265 e. The Balaban J connectivity index is 2.28. The number of nitrogens with one attached hydrogen (secondary N) is 1. The molecule has 30 heavy (non-hydrogen) atoms. The summed E-state index contributed by atoms with van der Waals surface area (Å²) in [7, 11) is -4.10. The summed E-state index contributed by atoms with van der Waals surface area (Å²) in [6.45, 7) is 7.60. The summed E-state index contributed by atoms with van der Waals surface area (Å²) in [6.07, 6.45) is -0.117. The lowest BCUT2D eigenvalue weighted by atomic mass is 9.99. The van der Waals surface area contributed by atoms with E-state index in [1.54, 1.807) is 36.4 Å². The van der Waals surface area contributed by atoms with Gasteiger partial charge in [0.1, 0.15) is 12.5 Å². The van der Waals surface area contributed by atoms with Crippen molar-refractivity contribution in [3.05, 3.63) is 58.6 Å². The van der Waals surface area contributed by atoms with Crippen molar-refractivity contribution in [3.8, 4) is 5.75 Å². The highest BCUT2D eigenvalue weighted by Gasteiger charge is 2.47. The molecule has 2 rings (SSSR count). The van der Waals surface area contributed by atoms with E-state index in [1.807, 2.05) is 0 Å². The fraction of sp³-hybridized carbons (Fsp3) is 0.381. The third kappa shape index (κ3) is 5.40. The number of rotatable bonds is 10. The quantitative estimate of drug-likeness (QED) is 0.296. The first kappa shape index (κ1) is 24.3. The molecule has 0 aliphatic carbocycles. The summed E-state index contributed by atoms with van der Waals surface area (Å²) < 4.78 is 31.1. The molecule has 1 unspecified atom stereocenters. The van der Waals surface area contributed by atoms with Gasteiger partial charge in [0.25, 0.3) is 5.91 Å². The van der Waals surface area contributed by atoms with E-state index in [9.17, 15) is 18.4 Å². The van der Waals surface area contributed by atoms with Crippen LogP contribution >= 0.6 is 15.9 Å². The molecule has 2 aromatic carbocycles. The molecule has 164 valence electrons. The van der Waals surface area contributed by atoms with Crippen LogP contribution in [0.25, 0.3) is 0 Å². The number of hydroxylamine groups is 1. The second-order valence-electron chi connectivity index (χ2n) is 7.03. The molecule has 0 saturated carbocycles. The molecule has 0 aromatic heterocycles. The van der Waals surface area contributed by atoms with Crippen molar-refractivity contribution in [1.82, 2.24) is 10.4 Å². The topological polar surface area (TPSA) is 95.9 Å². The summed E-state index contributed by atoms with van der Waals surface area (Å²) >= 11 is 3.27. The van der Waals surface area contributed by atoms with Gasteiger partial charge in [-0.15, -0.1) is 0 Å². The number of carbonyl (C=O) groups is 1. The number of halogens is 1. The molecule has 0 radical (unpaired) electrons. The first-order valence-electron chi connectivity index (χ1n) is 9.56. The molecule has 2 N–H and O–H groups in total. The number of carbonyl (C=O) groups excluding carboxylic acids is 1. The number of hydrogen-bond donors (Lipinski definition) is 2. The zero-order valence-electron chi connectivity index (χ0n) is 17.3. The minimum absolute atomic E-state index is 0.00373. The van der Waals surface area contributed by atoms with Crippen LogP contribution < -0.4 is 10.2 Å². The largest absolute Gasteiger partial charge is 0.478 e. The second kappa shape index (κ2) is 10.4. The van der Waals surface area contributed by atoms with Crippen LogP contribution in [0.1, 0.15) is 26.3 Å². The van der Waals surface area contributed by atoms with Gasteiger partial charge in [-0.25, -0.2) is 13.9 Å². The molecular formula is C21H27BrN2O5S. The Morgan fingerprint density at radius 2 is 1.67 bits per heavy atom. The molecule has 0 saturated heterocycles. The molecule has 9 heteroatoms. The number of benzene rings is 2. The minimum Gasteiger partial charge on any atom is -0.478 e. The summed E-state index contributed by atoms with van der Waals surface area (Å²) in [5.74, 6) is -0.345. The molecule has 1 atom stereocenters. The monoisotopic (exact) mass is 498 g/mol. The molecule has 0 fully saturated rings. The van der Waals surface area contributed by atoms with Crippen LogP contribution in [0.2, 0.25) is 0 Å². The van der Waals surface area contributed by atoms with Gasteiger partial charge < -0.3 is 4.74 Å². The maximum absolute atomic E-state index is 13.3. The third-order valence-electron chi connectivity index (χ3n) is 5.07. The third-order valence-corrected chi connectivity index (χ3v) is 8.01. The van der Waals surface area contributed by atoms with Gasteiger partial charge in [-0.05, 0) is 62.0 Å². The van der Waals surface area contributed by atoms with E-state index in [1.165, 1.54) is 24.5 Å². The van der Waals surface area contributed by atoms with Crippen molar-refractivity contribution >= 4 is 31.7 Å². The van der Waals surface area contributed by atoms with Gasteiger partial charge in [0.05, 0.1) is 4.90 Å². The van der Waals surface area contributed by atoms with Crippen molar-refractivity contribution in [1.29, 1.82) is 0 Å². The maximum atomic E-state index is 13.3. The van der Waals surface area contributed by atoms with Crippen molar-refractivity contribution in [2.45, 2.75) is 36.8 Å². The predicted octanol–water partition coefficient (Wildman–Crippen LogP) is 3.41. The Labute approximate surface area is 186 Å².